The van der Waals surface area contributed by atoms with Gasteiger partial charge in [0.15, 0.2) is 0 Å². The van der Waals surface area contributed by atoms with Crippen molar-refractivity contribution in [3.8, 4) is 0 Å². The Labute approximate surface area is 151 Å². The topological polar surface area (TPSA) is 44.8 Å². The van der Waals surface area contributed by atoms with Gasteiger partial charge in [-0.05, 0) is 11.6 Å². The van der Waals surface area contributed by atoms with Crippen LogP contribution in [-0.4, -0.2) is 67.7 Å². The highest BCUT2D eigenvalue weighted by Crippen LogP contribution is 2.29. The average Bonchev–Trinajstić information content (AvgIpc) is 2.63. The zero-order valence-electron chi connectivity index (χ0n) is 14.6. The molecule has 1 amide bonds. The van der Waals surface area contributed by atoms with Gasteiger partial charge < -0.3 is 15.0 Å². The molecule has 2 heterocycles. The third-order valence-corrected chi connectivity index (χ3v) is 4.80. The first-order chi connectivity index (χ1) is 12.4. The molecule has 0 bridgehead atoms. The number of halogens is 3. The Bertz CT molecular complexity index is 610. The van der Waals surface area contributed by atoms with Crippen LogP contribution in [0.3, 0.4) is 0 Å². The fraction of sp³-hybridized carbons (Fsp3) is 0.611. The lowest BCUT2D eigenvalue weighted by Crippen LogP contribution is -2.51. The first-order valence-corrected chi connectivity index (χ1v) is 8.89. The Morgan fingerprint density at radius 2 is 2.00 bits per heavy atom. The van der Waals surface area contributed by atoms with Gasteiger partial charge in [-0.2, -0.15) is 13.2 Å². The number of benzene rings is 1. The van der Waals surface area contributed by atoms with Gasteiger partial charge in [0.1, 0.15) is 0 Å². The van der Waals surface area contributed by atoms with Crippen LogP contribution in [0.15, 0.2) is 24.3 Å². The van der Waals surface area contributed by atoms with Crippen LogP contribution >= 0.6 is 0 Å². The molecule has 0 spiro atoms. The number of carbonyl (C=O) groups excluding carboxylic acids is 1. The number of hydrogen-bond donors (Lipinski definition) is 1. The van der Waals surface area contributed by atoms with Gasteiger partial charge in [0, 0.05) is 51.7 Å². The third kappa shape index (κ3) is 5.18. The predicted octanol–water partition coefficient (Wildman–Crippen LogP) is 1.73. The molecule has 1 aromatic rings. The Morgan fingerprint density at radius 1 is 1.23 bits per heavy atom. The molecule has 1 unspecified atom stereocenters. The van der Waals surface area contributed by atoms with Crippen LogP contribution in [0.1, 0.15) is 17.5 Å². The fourth-order valence-corrected chi connectivity index (χ4v) is 3.35. The van der Waals surface area contributed by atoms with E-state index in [1.165, 1.54) is 12.1 Å². The normalized spacial score (nSPS) is 22.4. The minimum absolute atomic E-state index is 0.0689. The molecular weight excluding hydrogens is 347 g/mol. The van der Waals surface area contributed by atoms with E-state index in [1.54, 1.807) is 6.07 Å². The molecule has 144 valence electrons. The van der Waals surface area contributed by atoms with E-state index in [-0.39, 0.29) is 11.9 Å². The fourth-order valence-electron chi connectivity index (χ4n) is 3.35. The van der Waals surface area contributed by atoms with Crippen LogP contribution in [0.25, 0.3) is 0 Å². The Morgan fingerprint density at radius 3 is 2.65 bits per heavy atom. The van der Waals surface area contributed by atoms with E-state index in [9.17, 15) is 18.0 Å². The van der Waals surface area contributed by atoms with E-state index >= 15 is 0 Å². The van der Waals surface area contributed by atoms with Crippen LogP contribution in [0.2, 0.25) is 0 Å². The van der Waals surface area contributed by atoms with Gasteiger partial charge in [0.05, 0.1) is 18.8 Å². The van der Waals surface area contributed by atoms with E-state index in [0.717, 1.165) is 12.6 Å². The van der Waals surface area contributed by atoms with Gasteiger partial charge in [-0.15, -0.1) is 0 Å². The van der Waals surface area contributed by atoms with E-state index in [2.05, 4.69) is 10.2 Å². The van der Waals surface area contributed by atoms with Gasteiger partial charge in [-0.25, -0.2) is 0 Å². The molecule has 0 radical (unpaired) electrons. The highest BCUT2D eigenvalue weighted by molar-refractivity contribution is 5.77. The number of hydrogen-bond acceptors (Lipinski definition) is 4. The van der Waals surface area contributed by atoms with Crippen LogP contribution in [0.4, 0.5) is 13.2 Å². The van der Waals surface area contributed by atoms with Gasteiger partial charge in [-0.1, -0.05) is 18.2 Å². The molecule has 26 heavy (non-hydrogen) atoms. The van der Waals surface area contributed by atoms with E-state index in [0.29, 0.717) is 57.9 Å². The molecule has 0 aliphatic carbocycles. The smallest absolute Gasteiger partial charge is 0.378 e. The predicted molar refractivity (Wildman–Crippen MR) is 90.5 cm³/mol. The van der Waals surface area contributed by atoms with Gasteiger partial charge in [0.2, 0.25) is 5.91 Å². The Balaban J connectivity index is 1.47. The van der Waals surface area contributed by atoms with Crippen molar-refractivity contribution in [2.75, 3.05) is 45.9 Å². The van der Waals surface area contributed by atoms with E-state index < -0.39 is 11.7 Å². The number of piperazine rings is 1. The van der Waals surface area contributed by atoms with Crippen LogP contribution < -0.4 is 5.32 Å². The van der Waals surface area contributed by atoms with Crippen molar-refractivity contribution < 1.29 is 22.7 Å². The number of rotatable bonds is 4. The maximum absolute atomic E-state index is 12.8. The molecule has 2 aliphatic rings. The molecule has 5 nitrogen and oxygen atoms in total. The lowest BCUT2D eigenvalue weighted by Gasteiger charge is -2.36. The summed E-state index contributed by atoms with van der Waals surface area (Å²) in [6.45, 7) is 5.00. The first-order valence-electron chi connectivity index (χ1n) is 8.89. The molecular formula is C18H24F3N3O2. The van der Waals surface area contributed by atoms with E-state index in [4.69, 9.17) is 4.74 Å². The van der Waals surface area contributed by atoms with Gasteiger partial charge >= 0.3 is 6.18 Å². The molecule has 1 aromatic carbocycles. The summed E-state index contributed by atoms with van der Waals surface area (Å²) in [4.78, 5) is 16.3. The van der Waals surface area contributed by atoms with Crippen molar-refractivity contribution in [1.29, 1.82) is 0 Å². The van der Waals surface area contributed by atoms with Crippen molar-refractivity contribution in [3.05, 3.63) is 35.4 Å². The second kappa shape index (κ2) is 8.37. The summed E-state index contributed by atoms with van der Waals surface area (Å²) in [7, 11) is 0. The summed E-state index contributed by atoms with van der Waals surface area (Å²) < 4.78 is 43.8. The molecule has 0 saturated carbocycles. The number of amides is 1. The highest BCUT2D eigenvalue weighted by Gasteiger charge is 2.30. The second-order valence-corrected chi connectivity index (χ2v) is 6.79. The second-order valence-electron chi connectivity index (χ2n) is 6.79. The highest BCUT2D eigenvalue weighted by atomic mass is 19.4. The summed E-state index contributed by atoms with van der Waals surface area (Å²) in [6, 6.07) is 5.51. The zero-order chi connectivity index (χ0) is 18.6. The van der Waals surface area contributed by atoms with Crippen LogP contribution in [0.5, 0.6) is 0 Å². The van der Waals surface area contributed by atoms with E-state index in [1.807, 2.05) is 4.90 Å². The van der Waals surface area contributed by atoms with Gasteiger partial charge in [-0.3, -0.25) is 9.69 Å². The Kier molecular flexibility index (Phi) is 6.16. The van der Waals surface area contributed by atoms with Crippen molar-refractivity contribution >= 4 is 5.91 Å². The van der Waals surface area contributed by atoms with Crippen molar-refractivity contribution in [2.24, 2.45) is 0 Å². The average molecular weight is 371 g/mol. The molecule has 2 fully saturated rings. The summed E-state index contributed by atoms with van der Waals surface area (Å²) in [5.41, 5.74) is 0.0224. The van der Waals surface area contributed by atoms with Crippen molar-refractivity contribution in [1.82, 2.24) is 15.1 Å². The minimum Gasteiger partial charge on any atom is -0.378 e. The number of carbonyl (C=O) groups is 1. The standard InChI is InChI=1S/C18H24F3N3O2/c19-18(20,21)15-3-1-2-14(10-15)12-23-5-7-24(8-6-23)17(25)11-16-13-26-9-4-22-16/h1-3,10,16,22H,4-9,11-13H2. The first kappa shape index (κ1) is 19.1. The number of nitrogens with zero attached hydrogens (tertiary/aromatic N) is 2. The monoisotopic (exact) mass is 371 g/mol. The molecule has 3 rings (SSSR count). The van der Waals surface area contributed by atoms with Crippen LogP contribution in [-0.2, 0) is 22.3 Å². The number of morpholine rings is 1. The van der Waals surface area contributed by atoms with Crippen molar-refractivity contribution in [2.45, 2.75) is 25.2 Å². The zero-order valence-corrected chi connectivity index (χ0v) is 14.6. The molecule has 2 aliphatic heterocycles. The summed E-state index contributed by atoms with van der Waals surface area (Å²) in [5, 5.41) is 3.27. The molecule has 0 aromatic heterocycles. The maximum atomic E-state index is 12.8. The lowest BCUT2D eigenvalue weighted by molar-refractivity contribution is -0.138. The maximum Gasteiger partial charge on any atom is 0.416 e. The largest absolute Gasteiger partial charge is 0.416 e. The molecule has 1 N–H and O–H groups in total. The summed E-state index contributed by atoms with van der Waals surface area (Å²) >= 11 is 0. The SMILES string of the molecule is O=C(CC1COCCN1)N1CCN(Cc2cccc(C(F)(F)F)c2)CC1. The molecule has 1 atom stereocenters. The minimum atomic E-state index is -4.32. The van der Waals surface area contributed by atoms with Crippen LogP contribution in [0, 0.1) is 0 Å². The quantitative estimate of drug-likeness (QED) is 0.876. The Hall–Kier alpha value is -1.64. The lowest BCUT2D eigenvalue weighted by atomic mass is 10.1. The number of alkyl halides is 3. The van der Waals surface area contributed by atoms with Gasteiger partial charge in [0.25, 0.3) is 0 Å². The third-order valence-electron chi connectivity index (χ3n) is 4.80. The summed E-state index contributed by atoms with van der Waals surface area (Å²) in [5.74, 6) is 0.103. The summed E-state index contributed by atoms with van der Waals surface area (Å²) in [6.07, 6.45) is -3.90. The number of ether oxygens (including phenoxy) is 1. The molecule has 8 heteroatoms. The molecule has 2 saturated heterocycles. The van der Waals surface area contributed by atoms with Crippen molar-refractivity contribution in [3.63, 3.8) is 0 Å². The number of nitrogens with one attached hydrogen (secondary N) is 1.